The first-order valence-corrected chi connectivity index (χ1v) is 28.5. The van der Waals surface area contributed by atoms with Crippen molar-refractivity contribution in [3.8, 4) is 0 Å². The number of ether oxygens (including phenoxy) is 3. The van der Waals surface area contributed by atoms with E-state index in [9.17, 15) is 13.5 Å². The molecule has 9 heteroatoms. The standard InChI is InChI=1S/C52H106N2O6S/c1-6-10-14-16-20-26-35-50(36-27-21-17-15-11-7-2)60-51(55)37-28-22-18-24-30-43-54(45-32-42-53-61(56,57)48-47-58-5)44-31-25-19-23-29-39-52(40-41-52)59-46-38-49(33-12-8-3)34-13-9-4/h49-51,53,55H,6-48H2,1-5H3. The molecule has 1 aliphatic rings. The molecule has 0 aromatic rings. The molecule has 1 saturated carbocycles. The molecule has 1 atom stereocenters. The molecule has 2 N–H and O–H groups in total. The Kier molecular flexibility index (Phi) is 39.6. The Bertz CT molecular complexity index is 1000. The molecule has 0 aromatic carbocycles. The smallest absolute Gasteiger partial charge is 0.213 e. The minimum atomic E-state index is -3.28. The van der Waals surface area contributed by atoms with Crippen molar-refractivity contribution in [2.45, 2.75) is 277 Å². The van der Waals surface area contributed by atoms with Crippen LogP contribution in [0.1, 0.15) is 259 Å². The number of hydrogen-bond donors (Lipinski definition) is 2. The van der Waals surface area contributed by atoms with Crippen molar-refractivity contribution in [1.82, 2.24) is 9.62 Å². The third kappa shape index (κ3) is 36.6. The van der Waals surface area contributed by atoms with Gasteiger partial charge in [0.2, 0.25) is 10.0 Å². The van der Waals surface area contributed by atoms with Crippen LogP contribution in [0.15, 0.2) is 0 Å². The fourth-order valence-corrected chi connectivity index (χ4v) is 9.96. The Morgan fingerprint density at radius 1 is 0.557 bits per heavy atom. The zero-order valence-corrected chi connectivity index (χ0v) is 42.3. The normalized spacial score (nSPS) is 14.6. The first kappa shape index (κ1) is 58.7. The summed E-state index contributed by atoms with van der Waals surface area (Å²) in [6, 6.07) is 0. The van der Waals surface area contributed by atoms with Crippen LogP contribution in [-0.2, 0) is 24.2 Å². The van der Waals surface area contributed by atoms with E-state index in [1.165, 1.54) is 193 Å². The molecule has 1 unspecified atom stereocenters. The topological polar surface area (TPSA) is 97.3 Å². The van der Waals surface area contributed by atoms with E-state index in [2.05, 4.69) is 37.3 Å². The van der Waals surface area contributed by atoms with Crippen molar-refractivity contribution in [3.63, 3.8) is 0 Å². The number of unbranched alkanes of at least 4 members (excludes halogenated alkanes) is 20. The predicted molar refractivity (Wildman–Crippen MR) is 262 cm³/mol. The second-order valence-corrected chi connectivity index (χ2v) is 21.2. The SMILES string of the molecule is CCCCCCCCC(CCCCCCCC)OC(O)CCCCCCCN(CCCCCCCC1(OCCC(CCCC)CCCC)CC1)CCCNS(=O)(=O)CCOC. The van der Waals surface area contributed by atoms with Crippen molar-refractivity contribution < 1.29 is 27.7 Å². The number of rotatable bonds is 50. The lowest BCUT2D eigenvalue weighted by molar-refractivity contribution is -0.144. The maximum Gasteiger partial charge on any atom is 0.213 e. The summed E-state index contributed by atoms with van der Waals surface area (Å²) < 4.78 is 45.1. The van der Waals surface area contributed by atoms with Crippen molar-refractivity contribution >= 4 is 10.0 Å². The minimum Gasteiger partial charge on any atom is -0.384 e. The first-order valence-electron chi connectivity index (χ1n) is 26.9. The van der Waals surface area contributed by atoms with E-state index in [0.29, 0.717) is 6.54 Å². The van der Waals surface area contributed by atoms with Crippen LogP contribution in [0.25, 0.3) is 0 Å². The highest BCUT2D eigenvalue weighted by Crippen LogP contribution is 2.44. The number of sulfonamides is 1. The van der Waals surface area contributed by atoms with Crippen LogP contribution in [0.2, 0.25) is 0 Å². The molecular formula is C52H106N2O6S. The van der Waals surface area contributed by atoms with Gasteiger partial charge in [-0.2, -0.15) is 0 Å². The van der Waals surface area contributed by atoms with E-state index in [1.807, 2.05) is 0 Å². The number of nitrogens with one attached hydrogen (secondary N) is 1. The van der Waals surface area contributed by atoms with Gasteiger partial charge in [0.25, 0.3) is 0 Å². The molecule has 0 heterocycles. The van der Waals surface area contributed by atoms with Gasteiger partial charge in [-0.3, -0.25) is 0 Å². The zero-order chi connectivity index (χ0) is 44.5. The lowest BCUT2D eigenvalue weighted by atomic mass is 9.93. The number of methoxy groups -OCH3 is 1. The van der Waals surface area contributed by atoms with E-state index in [-0.39, 0.29) is 24.1 Å². The maximum absolute atomic E-state index is 12.3. The lowest BCUT2D eigenvalue weighted by Crippen LogP contribution is -2.33. The van der Waals surface area contributed by atoms with E-state index < -0.39 is 16.3 Å². The monoisotopic (exact) mass is 887 g/mol. The van der Waals surface area contributed by atoms with Crippen molar-refractivity contribution in [2.24, 2.45) is 5.92 Å². The molecule has 0 saturated heterocycles. The zero-order valence-electron chi connectivity index (χ0n) is 41.5. The number of hydrogen-bond acceptors (Lipinski definition) is 7. The molecule has 0 aromatic heterocycles. The molecule has 0 aliphatic heterocycles. The summed E-state index contributed by atoms with van der Waals surface area (Å²) in [6.07, 6.45) is 44.0. The van der Waals surface area contributed by atoms with Gasteiger partial charge in [-0.05, 0) is 96.2 Å². The summed E-state index contributed by atoms with van der Waals surface area (Å²) >= 11 is 0. The largest absolute Gasteiger partial charge is 0.384 e. The summed E-state index contributed by atoms with van der Waals surface area (Å²) in [7, 11) is -1.75. The van der Waals surface area contributed by atoms with Gasteiger partial charge in [-0.15, -0.1) is 0 Å². The van der Waals surface area contributed by atoms with Gasteiger partial charge in [0.1, 0.15) is 0 Å². The van der Waals surface area contributed by atoms with Crippen LogP contribution >= 0.6 is 0 Å². The van der Waals surface area contributed by atoms with Crippen molar-refractivity contribution in [2.75, 3.05) is 52.3 Å². The van der Waals surface area contributed by atoms with Gasteiger partial charge in [-0.1, -0.05) is 188 Å². The maximum atomic E-state index is 12.3. The molecule has 1 aliphatic carbocycles. The molecule has 0 amide bonds. The molecule has 1 fully saturated rings. The third-order valence-corrected chi connectivity index (χ3v) is 14.7. The van der Waals surface area contributed by atoms with Gasteiger partial charge in [0, 0.05) is 20.3 Å². The Labute approximate surface area is 381 Å². The highest BCUT2D eigenvalue weighted by molar-refractivity contribution is 7.89. The van der Waals surface area contributed by atoms with Crippen LogP contribution in [0.3, 0.4) is 0 Å². The summed E-state index contributed by atoms with van der Waals surface area (Å²) in [4.78, 5) is 2.57. The molecule has 0 bridgehead atoms. The molecule has 366 valence electrons. The summed E-state index contributed by atoms with van der Waals surface area (Å²) in [5.74, 6) is 0.865. The van der Waals surface area contributed by atoms with Crippen LogP contribution in [0.4, 0.5) is 0 Å². The van der Waals surface area contributed by atoms with Crippen molar-refractivity contribution in [3.05, 3.63) is 0 Å². The average molecular weight is 887 g/mol. The van der Waals surface area contributed by atoms with Crippen LogP contribution < -0.4 is 4.72 Å². The minimum absolute atomic E-state index is 0.0150. The van der Waals surface area contributed by atoms with Gasteiger partial charge in [-0.25, -0.2) is 13.1 Å². The number of aliphatic hydroxyl groups is 1. The second kappa shape index (κ2) is 41.2. The molecule has 8 nitrogen and oxygen atoms in total. The van der Waals surface area contributed by atoms with Crippen LogP contribution in [0.5, 0.6) is 0 Å². The summed E-state index contributed by atoms with van der Waals surface area (Å²) in [5, 5.41) is 10.8. The summed E-state index contributed by atoms with van der Waals surface area (Å²) in [5.41, 5.74) is 0.207. The van der Waals surface area contributed by atoms with Gasteiger partial charge in [0.05, 0.1) is 24.1 Å². The van der Waals surface area contributed by atoms with Gasteiger partial charge < -0.3 is 24.2 Å². The summed E-state index contributed by atoms with van der Waals surface area (Å²) in [6.45, 7) is 13.9. The number of nitrogens with zero attached hydrogens (tertiary/aromatic N) is 1. The van der Waals surface area contributed by atoms with Crippen LogP contribution in [-0.4, -0.2) is 88.7 Å². The third-order valence-electron chi connectivity index (χ3n) is 13.3. The highest BCUT2D eigenvalue weighted by Gasteiger charge is 2.43. The van der Waals surface area contributed by atoms with Crippen LogP contribution in [0, 0.1) is 5.92 Å². The Morgan fingerprint density at radius 3 is 1.56 bits per heavy atom. The molecule has 1 rings (SSSR count). The van der Waals surface area contributed by atoms with E-state index in [4.69, 9.17) is 14.2 Å². The Hall–Kier alpha value is -0.290. The predicted octanol–water partition coefficient (Wildman–Crippen LogP) is 14.1. The van der Waals surface area contributed by atoms with Gasteiger partial charge >= 0.3 is 0 Å². The highest BCUT2D eigenvalue weighted by atomic mass is 32.2. The molecule has 61 heavy (non-hydrogen) atoms. The first-order chi connectivity index (χ1) is 29.7. The Balaban J connectivity index is 2.39. The quantitative estimate of drug-likeness (QED) is 0.0464. The van der Waals surface area contributed by atoms with E-state index in [0.717, 1.165) is 77.1 Å². The van der Waals surface area contributed by atoms with E-state index >= 15 is 0 Å². The fraction of sp³-hybridized carbons (Fsp3) is 1.00. The fourth-order valence-electron chi connectivity index (χ4n) is 8.97. The van der Waals surface area contributed by atoms with E-state index in [1.54, 1.807) is 0 Å². The Morgan fingerprint density at radius 2 is 1.03 bits per heavy atom. The molecule has 0 radical (unpaired) electrons. The molecular weight excluding hydrogens is 781 g/mol. The second-order valence-electron chi connectivity index (χ2n) is 19.3. The van der Waals surface area contributed by atoms with Gasteiger partial charge in [0.15, 0.2) is 6.29 Å². The lowest BCUT2D eigenvalue weighted by Gasteiger charge is -2.23. The van der Waals surface area contributed by atoms with Crippen molar-refractivity contribution in [1.29, 1.82) is 0 Å². The average Bonchev–Trinajstić information content (AvgIpc) is 4.02. The number of aliphatic hydroxyl groups excluding tert-OH is 1. The molecule has 0 spiro atoms.